The SMILES string of the molecule is COc1cc(-c2noc([C@H](C)Nc3nccc(N4C(=O)OCC4[C@@H](C)O)n3)n2)ccc1Br. The van der Waals surface area contributed by atoms with Gasteiger partial charge in [-0.25, -0.2) is 9.78 Å². The summed E-state index contributed by atoms with van der Waals surface area (Å²) in [6.45, 7) is 3.50. The van der Waals surface area contributed by atoms with Crippen molar-refractivity contribution in [3.05, 3.63) is 40.8 Å². The van der Waals surface area contributed by atoms with E-state index in [-0.39, 0.29) is 12.6 Å². The fraction of sp³-hybridized carbons (Fsp3) is 0.350. The number of nitrogens with zero attached hydrogens (tertiary/aromatic N) is 5. The van der Waals surface area contributed by atoms with Gasteiger partial charge >= 0.3 is 6.09 Å². The summed E-state index contributed by atoms with van der Waals surface area (Å²) in [6, 6.07) is 6.13. The van der Waals surface area contributed by atoms with E-state index in [1.165, 1.54) is 11.1 Å². The number of rotatable bonds is 7. The Morgan fingerprint density at radius 3 is 2.88 bits per heavy atom. The van der Waals surface area contributed by atoms with E-state index < -0.39 is 24.3 Å². The highest BCUT2D eigenvalue weighted by Gasteiger charge is 2.38. The minimum Gasteiger partial charge on any atom is -0.496 e. The second kappa shape index (κ2) is 9.09. The summed E-state index contributed by atoms with van der Waals surface area (Å²) in [5, 5.41) is 17.1. The molecular formula is C20H21BrN6O5. The Bertz CT molecular complexity index is 1120. The zero-order valence-corrected chi connectivity index (χ0v) is 19.1. The molecule has 3 heterocycles. The molecule has 1 aromatic carbocycles. The van der Waals surface area contributed by atoms with E-state index in [0.29, 0.717) is 23.3 Å². The molecule has 1 unspecified atom stereocenters. The lowest BCUT2D eigenvalue weighted by atomic mass is 10.2. The molecule has 1 aliphatic rings. The molecule has 4 rings (SSSR count). The van der Waals surface area contributed by atoms with E-state index in [0.717, 1.165) is 10.0 Å². The van der Waals surface area contributed by atoms with Gasteiger partial charge in [-0.3, -0.25) is 4.90 Å². The first-order chi connectivity index (χ1) is 15.4. The predicted molar refractivity (Wildman–Crippen MR) is 117 cm³/mol. The van der Waals surface area contributed by atoms with E-state index in [9.17, 15) is 9.90 Å². The Balaban J connectivity index is 1.51. The molecule has 0 bridgehead atoms. The van der Waals surface area contributed by atoms with Crippen LogP contribution in [-0.2, 0) is 4.74 Å². The van der Waals surface area contributed by atoms with Gasteiger partial charge in [-0.15, -0.1) is 0 Å². The zero-order chi connectivity index (χ0) is 22.8. The lowest BCUT2D eigenvalue weighted by Crippen LogP contribution is -2.41. The molecule has 32 heavy (non-hydrogen) atoms. The van der Waals surface area contributed by atoms with E-state index in [1.807, 2.05) is 19.1 Å². The predicted octanol–water partition coefficient (Wildman–Crippen LogP) is 3.18. The van der Waals surface area contributed by atoms with Crippen LogP contribution in [0.2, 0.25) is 0 Å². The minimum absolute atomic E-state index is 0.0886. The normalized spacial score (nSPS) is 17.7. The van der Waals surface area contributed by atoms with Crippen molar-refractivity contribution in [1.82, 2.24) is 20.1 Å². The maximum absolute atomic E-state index is 12.1. The summed E-state index contributed by atoms with van der Waals surface area (Å²) < 4.78 is 16.6. The number of hydrogen-bond donors (Lipinski definition) is 2. The Hall–Kier alpha value is -3.25. The number of aromatic nitrogens is 4. The molecule has 0 saturated carbocycles. The Morgan fingerprint density at radius 1 is 1.31 bits per heavy atom. The number of carbonyl (C=O) groups excluding carboxylic acids is 1. The number of amides is 1. The molecule has 1 amide bonds. The fourth-order valence-electron chi connectivity index (χ4n) is 3.19. The molecule has 0 spiro atoms. The van der Waals surface area contributed by atoms with Gasteiger partial charge in [0.15, 0.2) is 0 Å². The molecule has 1 saturated heterocycles. The van der Waals surface area contributed by atoms with Crippen molar-refractivity contribution in [2.75, 3.05) is 23.9 Å². The second-order valence-corrected chi connectivity index (χ2v) is 8.02. The van der Waals surface area contributed by atoms with Crippen LogP contribution in [0.25, 0.3) is 11.4 Å². The molecule has 2 aromatic heterocycles. The van der Waals surface area contributed by atoms with Crippen LogP contribution in [0.1, 0.15) is 25.8 Å². The number of ether oxygens (including phenoxy) is 2. The zero-order valence-electron chi connectivity index (χ0n) is 17.5. The summed E-state index contributed by atoms with van der Waals surface area (Å²) in [5.41, 5.74) is 0.738. The Morgan fingerprint density at radius 2 is 2.12 bits per heavy atom. The molecule has 0 radical (unpaired) electrons. The summed E-state index contributed by atoms with van der Waals surface area (Å²) >= 11 is 3.41. The van der Waals surface area contributed by atoms with Crippen molar-refractivity contribution in [1.29, 1.82) is 0 Å². The van der Waals surface area contributed by atoms with Crippen LogP contribution < -0.4 is 15.0 Å². The largest absolute Gasteiger partial charge is 0.496 e. The number of benzene rings is 1. The van der Waals surface area contributed by atoms with Crippen LogP contribution >= 0.6 is 15.9 Å². The topological polar surface area (TPSA) is 136 Å². The molecule has 1 aliphatic heterocycles. The van der Waals surface area contributed by atoms with Gasteiger partial charge in [0.2, 0.25) is 17.7 Å². The van der Waals surface area contributed by atoms with Gasteiger partial charge in [0, 0.05) is 11.8 Å². The van der Waals surface area contributed by atoms with Crippen LogP contribution in [0.3, 0.4) is 0 Å². The van der Waals surface area contributed by atoms with Crippen LogP contribution in [0.15, 0.2) is 39.5 Å². The molecule has 2 N–H and O–H groups in total. The fourth-order valence-corrected chi connectivity index (χ4v) is 3.60. The highest BCUT2D eigenvalue weighted by Crippen LogP contribution is 2.30. The van der Waals surface area contributed by atoms with E-state index in [2.05, 4.69) is 41.4 Å². The van der Waals surface area contributed by atoms with Gasteiger partial charge in [-0.05, 0) is 54.0 Å². The van der Waals surface area contributed by atoms with Crippen LogP contribution in [-0.4, -0.2) is 57.2 Å². The highest BCUT2D eigenvalue weighted by molar-refractivity contribution is 9.10. The molecular weight excluding hydrogens is 484 g/mol. The van der Waals surface area contributed by atoms with E-state index >= 15 is 0 Å². The monoisotopic (exact) mass is 504 g/mol. The van der Waals surface area contributed by atoms with Gasteiger partial charge in [0.1, 0.15) is 30.3 Å². The second-order valence-electron chi connectivity index (χ2n) is 7.16. The smallest absolute Gasteiger partial charge is 0.416 e. The third-order valence-corrected chi connectivity index (χ3v) is 5.57. The summed E-state index contributed by atoms with van der Waals surface area (Å²) in [5.74, 6) is 1.97. The van der Waals surface area contributed by atoms with Crippen LogP contribution in [0.5, 0.6) is 5.75 Å². The number of cyclic esters (lactones) is 1. The number of hydrogen-bond acceptors (Lipinski definition) is 10. The maximum atomic E-state index is 12.1. The number of carbonyl (C=O) groups is 1. The maximum Gasteiger partial charge on any atom is 0.416 e. The third-order valence-electron chi connectivity index (χ3n) is 4.92. The van der Waals surface area contributed by atoms with E-state index in [1.54, 1.807) is 26.2 Å². The van der Waals surface area contributed by atoms with E-state index in [4.69, 9.17) is 14.0 Å². The van der Waals surface area contributed by atoms with Crippen molar-refractivity contribution >= 4 is 33.8 Å². The van der Waals surface area contributed by atoms with Gasteiger partial charge in [-0.1, -0.05) is 5.16 Å². The Labute approximate surface area is 191 Å². The number of nitrogens with one attached hydrogen (secondary N) is 1. The summed E-state index contributed by atoms with van der Waals surface area (Å²) in [4.78, 5) is 26.4. The number of halogens is 1. The first-order valence-corrected chi connectivity index (χ1v) is 10.6. The first-order valence-electron chi connectivity index (χ1n) is 9.78. The van der Waals surface area contributed by atoms with Crippen molar-refractivity contribution in [3.8, 4) is 17.1 Å². The number of aliphatic hydroxyl groups is 1. The summed E-state index contributed by atoms with van der Waals surface area (Å²) in [7, 11) is 1.58. The molecule has 3 atom stereocenters. The standard InChI is InChI=1S/C20H21BrN6O5/c1-10(18-25-17(26-32-18)12-4-5-13(21)15(8-12)30-3)23-19-22-7-6-16(24-19)27-14(11(2)28)9-31-20(27)29/h4-8,10-11,14,28H,9H2,1-3H3,(H,22,23,24)/t10-,11+,14?/m0/s1. The molecule has 168 valence electrons. The van der Waals surface area contributed by atoms with Crippen molar-refractivity contribution in [3.63, 3.8) is 0 Å². The molecule has 11 nitrogen and oxygen atoms in total. The first kappa shape index (κ1) is 22.0. The molecule has 0 aliphatic carbocycles. The van der Waals surface area contributed by atoms with Gasteiger partial charge in [0.05, 0.1) is 17.7 Å². The Kier molecular flexibility index (Phi) is 6.24. The lowest BCUT2D eigenvalue weighted by Gasteiger charge is -2.22. The summed E-state index contributed by atoms with van der Waals surface area (Å²) in [6.07, 6.45) is 0.163. The molecule has 3 aromatic rings. The average Bonchev–Trinajstić information content (AvgIpc) is 3.41. The lowest BCUT2D eigenvalue weighted by molar-refractivity contribution is 0.142. The number of methoxy groups -OCH3 is 1. The van der Waals surface area contributed by atoms with Gasteiger partial charge in [-0.2, -0.15) is 9.97 Å². The highest BCUT2D eigenvalue weighted by atomic mass is 79.9. The van der Waals surface area contributed by atoms with Crippen LogP contribution in [0.4, 0.5) is 16.6 Å². The van der Waals surface area contributed by atoms with Gasteiger partial charge < -0.3 is 24.4 Å². The van der Waals surface area contributed by atoms with Gasteiger partial charge in [0.25, 0.3) is 0 Å². The van der Waals surface area contributed by atoms with Crippen molar-refractivity contribution in [2.24, 2.45) is 0 Å². The van der Waals surface area contributed by atoms with Crippen molar-refractivity contribution < 1.29 is 23.9 Å². The van der Waals surface area contributed by atoms with Crippen LogP contribution in [0, 0.1) is 0 Å². The minimum atomic E-state index is -0.777. The quantitative estimate of drug-likeness (QED) is 0.493. The molecule has 1 fully saturated rings. The number of anilines is 2. The number of aliphatic hydroxyl groups excluding tert-OH is 1. The average molecular weight is 505 g/mol. The molecule has 12 heteroatoms. The van der Waals surface area contributed by atoms with Crippen molar-refractivity contribution in [2.45, 2.75) is 32.0 Å². The third kappa shape index (κ3) is 4.36.